The van der Waals surface area contributed by atoms with E-state index in [0.29, 0.717) is 27.7 Å². The lowest BCUT2D eigenvalue weighted by Crippen LogP contribution is -2.67. The minimum absolute atomic E-state index is 0.0451. The van der Waals surface area contributed by atoms with Crippen LogP contribution in [0, 0.1) is 11.3 Å². The van der Waals surface area contributed by atoms with Crippen LogP contribution in [0.2, 0.25) is 0 Å². The summed E-state index contributed by atoms with van der Waals surface area (Å²) in [5, 5.41) is 24.3. The van der Waals surface area contributed by atoms with Gasteiger partial charge < -0.3 is 14.8 Å². The molecule has 3 aromatic heterocycles. The third-order valence-electron chi connectivity index (χ3n) is 7.21. The van der Waals surface area contributed by atoms with Crippen molar-refractivity contribution in [1.29, 1.82) is 5.26 Å². The van der Waals surface area contributed by atoms with Crippen molar-refractivity contribution < 1.29 is 27.0 Å². The molecular formula is C24H23F4N9O2. The Bertz CT molecular complexity index is 1580. The number of halogens is 4. The SMILES string of the molecule is COc1nc(NC2CCN(C3(C#N)COC3)CC2(F)F)nn2ccc(-c3ccc4nnn(CC(F)F)c4c3)c12. The zero-order valence-corrected chi connectivity index (χ0v) is 20.7. The molecule has 4 aromatic rings. The van der Waals surface area contributed by atoms with Crippen LogP contribution in [0.15, 0.2) is 30.5 Å². The van der Waals surface area contributed by atoms with Gasteiger partial charge in [-0.25, -0.2) is 26.8 Å². The van der Waals surface area contributed by atoms with Crippen LogP contribution in [0.5, 0.6) is 5.88 Å². The number of anilines is 1. The van der Waals surface area contributed by atoms with Crippen LogP contribution < -0.4 is 10.1 Å². The van der Waals surface area contributed by atoms with Gasteiger partial charge in [0, 0.05) is 18.3 Å². The van der Waals surface area contributed by atoms with Gasteiger partial charge in [0.2, 0.25) is 11.8 Å². The second-order valence-corrected chi connectivity index (χ2v) is 9.64. The first kappa shape index (κ1) is 25.3. The van der Waals surface area contributed by atoms with E-state index in [0.717, 1.165) is 4.68 Å². The first-order valence-corrected chi connectivity index (χ1v) is 12.2. The first-order chi connectivity index (χ1) is 18.7. The summed E-state index contributed by atoms with van der Waals surface area (Å²) in [5.41, 5.74) is 1.67. The van der Waals surface area contributed by atoms with E-state index in [4.69, 9.17) is 9.47 Å². The molecule has 0 spiro atoms. The van der Waals surface area contributed by atoms with Gasteiger partial charge in [-0.05, 0) is 30.2 Å². The summed E-state index contributed by atoms with van der Waals surface area (Å²) in [6.45, 7) is -0.664. The number of fused-ring (bicyclic) bond motifs is 2. The van der Waals surface area contributed by atoms with Gasteiger partial charge in [0.15, 0.2) is 5.54 Å². The van der Waals surface area contributed by atoms with E-state index in [1.807, 2.05) is 0 Å². The molecule has 0 radical (unpaired) electrons. The minimum atomic E-state index is -3.16. The Morgan fingerprint density at radius 2 is 2.10 bits per heavy atom. The molecule has 204 valence electrons. The summed E-state index contributed by atoms with van der Waals surface area (Å²) >= 11 is 0. The van der Waals surface area contributed by atoms with E-state index < -0.39 is 37.0 Å². The maximum Gasteiger partial charge on any atom is 0.280 e. The molecule has 2 aliphatic rings. The van der Waals surface area contributed by atoms with Gasteiger partial charge in [0.05, 0.1) is 44.5 Å². The van der Waals surface area contributed by atoms with E-state index in [1.165, 1.54) is 16.5 Å². The van der Waals surface area contributed by atoms with E-state index in [1.54, 1.807) is 30.5 Å². The zero-order chi connectivity index (χ0) is 27.4. The molecule has 0 saturated carbocycles. The fourth-order valence-corrected chi connectivity index (χ4v) is 5.08. The highest BCUT2D eigenvalue weighted by Gasteiger charge is 2.53. The Balaban J connectivity index is 1.29. The van der Waals surface area contributed by atoms with Crippen molar-refractivity contribution in [2.75, 3.05) is 38.7 Å². The fourth-order valence-electron chi connectivity index (χ4n) is 5.08. The second kappa shape index (κ2) is 9.31. The smallest absolute Gasteiger partial charge is 0.280 e. The predicted octanol–water partition coefficient (Wildman–Crippen LogP) is 2.83. The van der Waals surface area contributed by atoms with Gasteiger partial charge in [-0.15, -0.1) is 10.2 Å². The van der Waals surface area contributed by atoms with Crippen molar-refractivity contribution in [1.82, 2.24) is 34.5 Å². The molecule has 11 nitrogen and oxygen atoms in total. The Morgan fingerprint density at radius 3 is 2.77 bits per heavy atom. The van der Waals surface area contributed by atoms with Crippen LogP contribution in [0.4, 0.5) is 23.5 Å². The molecule has 1 N–H and O–H groups in total. The molecule has 1 unspecified atom stereocenters. The number of alkyl halides is 4. The van der Waals surface area contributed by atoms with Gasteiger partial charge in [0.25, 0.3) is 12.3 Å². The minimum Gasteiger partial charge on any atom is -0.479 e. The lowest BCUT2D eigenvalue weighted by atomic mass is 9.91. The number of nitrogens with one attached hydrogen (secondary N) is 1. The van der Waals surface area contributed by atoms with Crippen LogP contribution >= 0.6 is 0 Å². The highest BCUT2D eigenvalue weighted by molar-refractivity contribution is 5.89. The highest BCUT2D eigenvalue weighted by atomic mass is 19.3. The number of hydrogen-bond donors (Lipinski definition) is 1. The van der Waals surface area contributed by atoms with E-state index in [2.05, 4.69) is 31.8 Å². The van der Waals surface area contributed by atoms with Crippen LogP contribution in [0.3, 0.4) is 0 Å². The molecule has 2 saturated heterocycles. The maximum absolute atomic E-state index is 15.2. The normalized spacial score (nSPS) is 20.7. The average Bonchev–Trinajstić information content (AvgIpc) is 3.48. The number of methoxy groups -OCH3 is 1. The first-order valence-electron chi connectivity index (χ1n) is 12.2. The third kappa shape index (κ3) is 4.29. The average molecular weight is 546 g/mol. The predicted molar refractivity (Wildman–Crippen MR) is 130 cm³/mol. The van der Waals surface area contributed by atoms with E-state index in [9.17, 15) is 14.0 Å². The van der Waals surface area contributed by atoms with Crippen molar-refractivity contribution in [3.63, 3.8) is 0 Å². The van der Waals surface area contributed by atoms with Crippen LogP contribution in [-0.4, -0.2) is 91.8 Å². The number of aromatic nitrogens is 6. The number of piperidine rings is 1. The molecule has 0 aliphatic carbocycles. The second-order valence-electron chi connectivity index (χ2n) is 9.64. The fraction of sp³-hybridized carbons (Fsp3) is 0.458. The van der Waals surface area contributed by atoms with Crippen molar-refractivity contribution in [2.24, 2.45) is 0 Å². The molecule has 15 heteroatoms. The van der Waals surface area contributed by atoms with Gasteiger partial charge in [-0.1, -0.05) is 11.3 Å². The standard InChI is InChI=1S/C24H23F4N9O2/c1-38-21-20-15(14-2-3-16-17(8-14)37(34-32-16)9-19(25)26)4-7-36(20)33-22(31-21)30-18-5-6-35(11-24(18,27)28)23(10-29)12-39-13-23/h2-4,7-8,18-19H,5-6,9,11-13H2,1H3,(H,30,33). The quantitative estimate of drug-likeness (QED) is 0.350. The molecule has 2 aliphatic heterocycles. The largest absolute Gasteiger partial charge is 0.479 e. The van der Waals surface area contributed by atoms with Gasteiger partial charge in [0.1, 0.15) is 17.6 Å². The molecule has 5 heterocycles. The topological polar surface area (TPSA) is 118 Å². The Kier molecular flexibility index (Phi) is 6.03. The summed E-state index contributed by atoms with van der Waals surface area (Å²) < 4.78 is 69.5. The summed E-state index contributed by atoms with van der Waals surface area (Å²) in [7, 11) is 1.41. The number of rotatable bonds is 7. The molecular weight excluding hydrogens is 522 g/mol. The van der Waals surface area contributed by atoms with Crippen molar-refractivity contribution >= 4 is 22.5 Å². The van der Waals surface area contributed by atoms with Crippen molar-refractivity contribution in [3.8, 4) is 23.1 Å². The Morgan fingerprint density at radius 1 is 1.28 bits per heavy atom. The summed E-state index contributed by atoms with van der Waals surface area (Å²) in [4.78, 5) is 5.83. The Labute approximate surface area is 218 Å². The van der Waals surface area contributed by atoms with Gasteiger partial charge in [-0.3, -0.25) is 4.90 Å². The van der Waals surface area contributed by atoms with Crippen LogP contribution in [-0.2, 0) is 11.3 Å². The monoisotopic (exact) mass is 545 g/mol. The highest BCUT2D eigenvalue weighted by Crippen LogP contribution is 2.37. The van der Waals surface area contributed by atoms with Gasteiger partial charge in [-0.2, -0.15) is 10.2 Å². The van der Waals surface area contributed by atoms with E-state index >= 15 is 8.78 Å². The lowest BCUT2D eigenvalue weighted by Gasteiger charge is -2.49. The third-order valence-corrected chi connectivity index (χ3v) is 7.21. The summed E-state index contributed by atoms with van der Waals surface area (Å²) in [6.07, 6.45) is -0.891. The molecule has 1 atom stereocenters. The van der Waals surface area contributed by atoms with Gasteiger partial charge >= 0.3 is 0 Å². The zero-order valence-electron chi connectivity index (χ0n) is 20.7. The lowest BCUT2D eigenvalue weighted by molar-refractivity contribution is -0.159. The number of likely N-dealkylation sites (tertiary alicyclic amines) is 1. The molecule has 2 fully saturated rings. The molecule has 0 amide bonds. The molecule has 0 bridgehead atoms. The molecule has 6 rings (SSSR count). The van der Waals surface area contributed by atoms with Crippen LogP contribution in [0.25, 0.3) is 27.7 Å². The summed E-state index contributed by atoms with van der Waals surface area (Å²) in [6, 6.07) is 7.73. The molecule has 1 aromatic carbocycles. The number of ether oxygens (including phenoxy) is 2. The number of nitrogens with zero attached hydrogens (tertiary/aromatic N) is 8. The van der Waals surface area contributed by atoms with Crippen molar-refractivity contribution in [2.45, 2.75) is 36.9 Å². The number of benzene rings is 1. The number of hydrogen-bond acceptors (Lipinski definition) is 9. The number of nitriles is 1. The van der Waals surface area contributed by atoms with E-state index in [-0.39, 0.29) is 38.0 Å². The van der Waals surface area contributed by atoms with Crippen molar-refractivity contribution in [3.05, 3.63) is 30.5 Å². The summed E-state index contributed by atoms with van der Waals surface area (Å²) in [5.74, 6) is -3.06. The van der Waals surface area contributed by atoms with Crippen LogP contribution in [0.1, 0.15) is 6.42 Å². The maximum atomic E-state index is 15.2. The Hall–Kier alpha value is -4.03. The molecule has 39 heavy (non-hydrogen) atoms.